The number of pyridine rings is 1. The fraction of sp³-hybridized carbons (Fsp3) is 0.500. The lowest BCUT2D eigenvalue weighted by atomic mass is 10.2. The Kier molecular flexibility index (Phi) is 3.71. The maximum atomic E-state index is 10.8. The standard InChI is InChI=1S/C10H16N2O/c1-9(11-2)3-6-12-7-4-10(13)5-8-12/h4-5,7-9,11H,3,6H2,1-2H3. The summed E-state index contributed by atoms with van der Waals surface area (Å²) < 4.78 is 2.02. The fourth-order valence-corrected chi connectivity index (χ4v) is 1.08. The molecule has 0 bridgehead atoms. The Morgan fingerprint density at radius 3 is 2.62 bits per heavy atom. The number of aryl methyl sites for hydroxylation is 1. The van der Waals surface area contributed by atoms with Gasteiger partial charge in [-0.2, -0.15) is 0 Å². The van der Waals surface area contributed by atoms with Crippen LogP contribution in [0.4, 0.5) is 0 Å². The molecule has 1 heterocycles. The minimum absolute atomic E-state index is 0.0675. The number of nitrogens with zero attached hydrogens (tertiary/aromatic N) is 1. The summed E-state index contributed by atoms with van der Waals surface area (Å²) >= 11 is 0. The Balaban J connectivity index is 2.46. The zero-order chi connectivity index (χ0) is 9.68. The van der Waals surface area contributed by atoms with Gasteiger partial charge in [0.2, 0.25) is 0 Å². The number of aromatic nitrogens is 1. The van der Waals surface area contributed by atoms with E-state index in [2.05, 4.69) is 12.2 Å². The van der Waals surface area contributed by atoms with Crippen molar-refractivity contribution in [2.24, 2.45) is 0 Å². The molecule has 1 aromatic rings. The van der Waals surface area contributed by atoms with Crippen LogP contribution in [0.15, 0.2) is 29.3 Å². The quantitative estimate of drug-likeness (QED) is 0.745. The van der Waals surface area contributed by atoms with E-state index in [1.807, 2.05) is 24.0 Å². The Hall–Kier alpha value is -1.09. The van der Waals surface area contributed by atoms with E-state index in [1.54, 1.807) is 12.1 Å². The summed E-state index contributed by atoms with van der Waals surface area (Å²) in [6, 6.07) is 3.69. The monoisotopic (exact) mass is 180 g/mol. The van der Waals surface area contributed by atoms with Gasteiger partial charge in [-0.25, -0.2) is 0 Å². The molecule has 0 aromatic carbocycles. The van der Waals surface area contributed by atoms with Gasteiger partial charge in [0.05, 0.1) is 0 Å². The van der Waals surface area contributed by atoms with Crippen LogP contribution in [0, 0.1) is 0 Å². The normalized spacial score (nSPS) is 12.8. The Morgan fingerprint density at radius 2 is 2.08 bits per heavy atom. The van der Waals surface area contributed by atoms with Gasteiger partial charge in [-0.3, -0.25) is 4.79 Å². The number of nitrogens with one attached hydrogen (secondary N) is 1. The third-order valence-electron chi connectivity index (χ3n) is 2.17. The molecule has 0 radical (unpaired) electrons. The van der Waals surface area contributed by atoms with Crippen LogP contribution in [0.5, 0.6) is 0 Å². The molecule has 1 unspecified atom stereocenters. The first-order chi connectivity index (χ1) is 6.22. The average Bonchev–Trinajstić information content (AvgIpc) is 2.16. The first-order valence-corrected chi connectivity index (χ1v) is 4.56. The van der Waals surface area contributed by atoms with Gasteiger partial charge in [-0.05, 0) is 20.4 Å². The van der Waals surface area contributed by atoms with Crippen LogP contribution < -0.4 is 10.7 Å². The number of rotatable bonds is 4. The molecule has 0 fully saturated rings. The molecule has 1 rings (SSSR count). The summed E-state index contributed by atoms with van der Waals surface area (Å²) in [5, 5.41) is 3.17. The van der Waals surface area contributed by atoms with Gasteiger partial charge in [0.25, 0.3) is 0 Å². The van der Waals surface area contributed by atoms with Crippen molar-refractivity contribution in [3.05, 3.63) is 34.7 Å². The Morgan fingerprint density at radius 1 is 1.46 bits per heavy atom. The lowest BCUT2D eigenvalue weighted by Crippen LogP contribution is -2.22. The molecule has 0 saturated carbocycles. The van der Waals surface area contributed by atoms with Crippen LogP contribution in [0.1, 0.15) is 13.3 Å². The second kappa shape index (κ2) is 4.82. The zero-order valence-electron chi connectivity index (χ0n) is 8.16. The Bertz CT molecular complexity index is 286. The number of hydrogen-bond donors (Lipinski definition) is 1. The molecule has 1 aromatic heterocycles. The molecule has 0 amide bonds. The summed E-state index contributed by atoms with van der Waals surface area (Å²) in [5.41, 5.74) is 0.0675. The molecule has 0 aliphatic carbocycles. The lowest BCUT2D eigenvalue weighted by molar-refractivity contribution is 0.509. The van der Waals surface area contributed by atoms with E-state index >= 15 is 0 Å². The minimum Gasteiger partial charge on any atom is -0.354 e. The van der Waals surface area contributed by atoms with E-state index in [-0.39, 0.29) is 5.43 Å². The van der Waals surface area contributed by atoms with Gasteiger partial charge in [-0.1, -0.05) is 0 Å². The second-order valence-corrected chi connectivity index (χ2v) is 3.25. The molecule has 0 spiro atoms. The van der Waals surface area contributed by atoms with Gasteiger partial charge in [0, 0.05) is 37.1 Å². The average molecular weight is 180 g/mol. The summed E-state index contributed by atoms with van der Waals surface area (Å²) in [5.74, 6) is 0. The van der Waals surface area contributed by atoms with Gasteiger partial charge < -0.3 is 9.88 Å². The van der Waals surface area contributed by atoms with Crippen LogP contribution in [0.25, 0.3) is 0 Å². The SMILES string of the molecule is CNC(C)CCn1ccc(=O)cc1. The molecular weight excluding hydrogens is 164 g/mol. The van der Waals surface area contributed by atoms with Crippen LogP contribution in [-0.4, -0.2) is 17.7 Å². The fourth-order valence-electron chi connectivity index (χ4n) is 1.08. The second-order valence-electron chi connectivity index (χ2n) is 3.25. The molecule has 0 saturated heterocycles. The van der Waals surface area contributed by atoms with Crippen LogP contribution >= 0.6 is 0 Å². The molecule has 1 N–H and O–H groups in total. The highest BCUT2D eigenvalue weighted by Crippen LogP contribution is 1.94. The highest BCUT2D eigenvalue weighted by Gasteiger charge is 1.96. The molecule has 13 heavy (non-hydrogen) atoms. The molecule has 0 aliphatic heterocycles. The highest BCUT2D eigenvalue weighted by atomic mass is 16.1. The molecule has 0 aliphatic rings. The van der Waals surface area contributed by atoms with Crippen LogP contribution in [-0.2, 0) is 6.54 Å². The van der Waals surface area contributed by atoms with Gasteiger partial charge in [0.15, 0.2) is 5.43 Å². The highest BCUT2D eigenvalue weighted by molar-refractivity contribution is 4.93. The van der Waals surface area contributed by atoms with Gasteiger partial charge >= 0.3 is 0 Å². The first kappa shape index (κ1) is 9.99. The summed E-state index contributed by atoms with van der Waals surface area (Å²) in [4.78, 5) is 10.8. The first-order valence-electron chi connectivity index (χ1n) is 4.56. The predicted octanol–water partition coefficient (Wildman–Crippen LogP) is 0.846. The van der Waals surface area contributed by atoms with Gasteiger partial charge in [-0.15, -0.1) is 0 Å². The van der Waals surface area contributed by atoms with Crippen LogP contribution in [0.2, 0.25) is 0 Å². The van der Waals surface area contributed by atoms with E-state index in [9.17, 15) is 4.79 Å². The van der Waals surface area contributed by atoms with Crippen molar-refractivity contribution >= 4 is 0 Å². The molecule has 72 valence electrons. The minimum atomic E-state index is 0.0675. The molecule has 1 atom stereocenters. The van der Waals surface area contributed by atoms with Crippen molar-refractivity contribution < 1.29 is 0 Å². The van der Waals surface area contributed by atoms with Gasteiger partial charge in [0.1, 0.15) is 0 Å². The van der Waals surface area contributed by atoms with Crippen molar-refractivity contribution in [3.63, 3.8) is 0 Å². The number of hydrogen-bond acceptors (Lipinski definition) is 2. The smallest absolute Gasteiger partial charge is 0.181 e. The lowest BCUT2D eigenvalue weighted by Gasteiger charge is -2.11. The largest absolute Gasteiger partial charge is 0.354 e. The maximum absolute atomic E-state index is 10.8. The van der Waals surface area contributed by atoms with Crippen molar-refractivity contribution in [2.45, 2.75) is 25.9 Å². The zero-order valence-corrected chi connectivity index (χ0v) is 8.16. The van der Waals surface area contributed by atoms with E-state index in [0.717, 1.165) is 13.0 Å². The summed E-state index contributed by atoms with van der Waals surface area (Å²) in [6.07, 6.45) is 4.72. The van der Waals surface area contributed by atoms with Crippen molar-refractivity contribution in [1.29, 1.82) is 0 Å². The van der Waals surface area contributed by atoms with E-state index in [4.69, 9.17) is 0 Å². The van der Waals surface area contributed by atoms with Crippen molar-refractivity contribution in [1.82, 2.24) is 9.88 Å². The van der Waals surface area contributed by atoms with Crippen molar-refractivity contribution in [3.8, 4) is 0 Å². The molecule has 3 nitrogen and oxygen atoms in total. The van der Waals surface area contributed by atoms with E-state index < -0.39 is 0 Å². The van der Waals surface area contributed by atoms with E-state index in [0.29, 0.717) is 6.04 Å². The Labute approximate surface area is 78.4 Å². The van der Waals surface area contributed by atoms with E-state index in [1.165, 1.54) is 0 Å². The molecular formula is C10H16N2O. The van der Waals surface area contributed by atoms with Crippen molar-refractivity contribution in [2.75, 3.05) is 7.05 Å². The predicted molar refractivity (Wildman–Crippen MR) is 53.8 cm³/mol. The third kappa shape index (κ3) is 3.42. The topological polar surface area (TPSA) is 34.0 Å². The molecule has 3 heteroatoms. The summed E-state index contributed by atoms with van der Waals surface area (Å²) in [7, 11) is 1.95. The summed E-state index contributed by atoms with van der Waals surface area (Å²) in [6.45, 7) is 3.09. The maximum Gasteiger partial charge on any atom is 0.181 e. The van der Waals surface area contributed by atoms with Crippen LogP contribution in [0.3, 0.4) is 0 Å². The third-order valence-corrected chi connectivity index (χ3v) is 2.17.